The Kier molecular flexibility index (Phi) is 8.71. The van der Waals surface area contributed by atoms with Crippen LogP contribution in [0, 0.1) is 0 Å². The second-order valence-electron chi connectivity index (χ2n) is 6.58. The Morgan fingerprint density at radius 2 is 1.81 bits per heavy atom. The van der Waals surface area contributed by atoms with Gasteiger partial charge in [-0.15, -0.1) is 11.8 Å². The molecule has 0 aliphatic carbocycles. The fourth-order valence-corrected chi connectivity index (χ4v) is 3.55. The van der Waals surface area contributed by atoms with Crippen molar-refractivity contribution < 1.29 is 19.1 Å². The summed E-state index contributed by atoms with van der Waals surface area (Å²) in [6, 6.07) is 22.0. The van der Waals surface area contributed by atoms with Crippen molar-refractivity contribution in [1.29, 1.82) is 0 Å². The van der Waals surface area contributed by atoms with Crippen LogP contribution in [-0.4, -0.2) is 31.8 Å². The molecule has 6 nitrogen and oxygen atoms in total. The second kappa shape index (κ2) is 11.9. The minimum atomic E-state index is -0.467. The first kappa shape index (κ1) is 23.4. The van der Waals surface area contributed by atoms with Gasteiger partial charge in [0.25, 0.3) is 5.91 Å². The largest absolute Gasteiger partial charge is 0.482 e. The van der Waals surface area contributed by atoms with Gasteiger partial charge < -0.3 is 9.47 Å². The number of methoxy groups -OCH3 is 1. The number of hydrogen-bond donors (Lipinski definition) is 1. The molecule has 8 heteroatoms. The molecule has 164 valence electrons. The normalized spacial score (nSPS) is 10.7. The van der Waals surface area contributed by atoms with Crippen molar-refractivity contribution in [3.8, 4) is 5.75 Å². The number of esters is 1. The van der Waals surface area contributed by atoms with E-state index in [-0.39, 0.29) is 12.5 Å². The third-order valence-corrected chi connectivity index (χ3v) is 5.59. The van der Waals surface area contributed by atoms with Gasteiger partial charge in [0.1, 0.15) is 5.75 Å². The number of hydrogen-bond acceptors (Lipinski definition) is 6. The van der Waals surface area contributed by atoms with Gasteiger partial charge in [0.2, 0.25) is 0 Å². The smallest absolute Gasteiger partial charge is 0.343 e. The Hall–Kier alpha value is -3.29. The van der Waals surface area contributed by atoms with E-state index in [4.69, 9.17) is 16.3 Å². The van der Waals surface area contributed by atoms with Crippen LogP contribution < -0.4 is 10.2 Å². The Bertz CT molecular complexity index is 1090. The predicted molar refractivity (Wildman–Crippen MR) is 126 cm³/mol. The van der Waals surface area contributed by atoms with E-state index in [0.717, 1.165) is 16.2 Å². The molecule has 3 aromatic rings. The minimum absolute atomic E-state index is 0.179. The molecule has 3 rings (SSSR count). The molecule has 0 aromatic heterocycles. The number of amides is 1. The first-order chi connectivity index (χ1) is 15.5. The van der Waals surface area contributed by atoms with Crippen molar-refractivity contribution in [3.05, 3.63) is 94.5 Å². The van der Waals surface area contributed by atoms with Gasteiger partial charge in [0.05, 0.1) is 13.3 Å². The van der Waals surface area contributed by atoms with E-state index in [1.165, 1.54) is 13.3 Å². The third kappa shape index (κ3) is 7.44. The molecule has 0 saturated heterocycles. The lowest BCUT2D eigenvalue weighted by Crippen LogP contribution is -2.17. The zero-order chi connectivity index (χ0) is 22.8. The lowest BCUT2D eigenvalue weighted by Gasteiger charge is -2.05. The highest BCUT2D eigenvalue weighted by Gasteiger charge is 2.05. The number of carbonyl (C=O) groups is 2. The SMILES string of the molecule is COC(=O)COc1cccc(/C=N\NC(=O)c2ccc(CSc3ccc(Cl)cc3)cc2)c1. The molecular formula is C24H21ClN2O4S. The molecular weight excluding hydrogens is 448 g/mol. The Balaban J connectivity index is 1.49. The average molecular weight is 469 g/mol. The number of carbonyl (C=O) groups excluding carboxylic acids is 2. The van der Waals surface area contributed by atoms with E-state index >= 15 is 0 Å². The monoisotopic (exact) mass is 468 g/mol. The predicted octanol–water partition coefficient (Wildman–Crippen LogP) is 4.95. The molecule has 0 unspecified atom stereocenters. The van der Waals surface area contributed by atoms with E-state index in [9.17, 15) is 9.59 Å². The van der Waals surface area contributed by atoms with E-state index in [1.807, 2.05) is 36.4 Å². The second-order valence-corrected chi connectivity index (χ2v) is 8.06. The van der Waals surface area contributed by atoms with Gasteiger partial charge in [-0.1, -0.05) is 35.9 Å². The topological polar surface area (TPSA) is 77.0 Å². The number of halogens is 1. The summed E-state index contributed by atoms with van der Waals surface area (Å²) >= 11 is 7.60. The highest BCUT2D eigenvalue weighted by atomic mass is 35.5. The fourth-order valence-electron chi connectivity index (χ4n) is 2.57. The molecule has 0 heterocycles. The lowest BCUT2D eigenvalue weighted by atomic mass is 10.1. The highest BCUT2D eigenvalue weighted by molar-refractivity contribution is 7.98. The van der Waals surface area contributed by atoms with E-state index in [1.54, 1.807) is 48.2 Å². The number of nitrogens with one attached hydrogen (secondary N) is 1. The highest BCUT2D eigenvalue weighted by Crippen LogP contribution is 2.24. The standard InChI is InChI=1S/C24H21ClN2O4S/c1-30-23(28)15-31-21-4-2-3-18(13-21)14-26-27-24(29)19-7-5-17(6-8-19)16-32-22-11-9-20(25)10-12-22/h2-14H,15-16H2,1H3,(H,27,29)/b26-14-. The molecule has 3 aromatic carbocycles. The van der Waals surface area contributed by atoms with Crippen LogP contribution in [0.25, 0.3) is 0 Å². The van der Waals surface area contributed by atoms with E-state index < -0.39 is 5.97 Å². The number of benzene rings is 3. The van der Waals surface area contributed by atoms with E-state index in [2.05, 4.69) is 15.3 Å². The summed E-state index contributed by atoms with van der Waals surface area (Å²) in [4.78, 5) is 24.6. The summed E-state index contributed by atoms with van der Waals surface area (Å²) < 4.78 is 9.87. The fraction of sp³-hybridized carbons (Fsp3) is 0.125. The van der Waals surface area contributed by atoms with Crippen molar-refractivity contribution >= 4 is 41.5 Å². The molecule has 32 heavy (non-hydrogen) atoms. The van der Waals surface area contributed by atoms with Crippen molar-refractivity contribution in [1.82, 2.24) is 5.43 Å². The third-order valence-electron chi connectivity index (χ3n) is 4.26. The first-order valence-electron chi connectivity index (χ1n) is 9.64. The zero-order valence-electron chi connectivity index (χ0n) is 17.3. The lowest BCUT2D eigenvalue weighted by molar-refractivity contribution is -0.142. The maximum atomic E-state index is 12.3. The van der Waals surface area contributed by atoms with Crippen LogP contribution in [0.3, 0.4) is 0 Å². The maximum absolute atomic E-state index is 12.3. The van der Waals surface area contributed by atoms with Gasteiger partial charge in [-0.05, 0) is 59.7 Å². The summed E-state index contributed by atoms with van der Waals surface area (Å²) in [5, 5.41) is 4.70. The molecule has 0 fully saturated rings. The van der Waals surface area contributed by atoms with Gasteiger partial charge in [0.15, 0.2) is 6.61 Å². The van der Waals surface area contributed by atoms with Gasteiger partial charge in [0, 0.05) is 21.2 Å². The Labute approximate surface area is 195 Å². The quantitative estimate of drug-likeness (QED) is 0.208. The molecule has 0 aliphatic heterocycles. The molecule has 0 radical (unpaired) electrons. The van der Waals surface area contributed by atoms with Crippen molar-refractivity contribution in [2.45, 2.75) is 10.6 Å². The first-order valence-corrected chi connectivity index (χ1v) is 11.0. The minimum Gasteiger partial charge on any atom is -0.482 e. The Morgan fingerprint density at radius 1 is 1.06 bits per heavy atom. The van der Waals surface area contributed by atoms with Crippen molar-refractivity contribution in [2.75, 3.05) is 13.7 Å². The molecule has 1 amide bonds. The summed E-state index contributed by atoms with van der Waals surface area (Å²) in [5.74, 6) is 0.510. The molecule has 1 N–H and O–H groups in total. The van der Waals surface area contributed by atoms with Crippen molar-refractivity contribution in [3.63, 3.8) is 0 Å². The maximum Gasteiger partial charge on any atom is 0.343 e. The Morgan fingerprint density at radius 3 is 2.53 bits per heavy atom. The summed E-state index contributed by atoms with van der Waals surface area (Å²) in [6.07, 6.45) is 1.50. The number of thioether (sulfide) groups is 1. The van der Waals surface area contributed by atoms with Crippen LogP contribution in [-0.2, 0) is 15.3 Å². The number of ether oxygens (including phenoxy) is 2. The molecule has 0 spiro atoms. The van der Waals surface area contributed by atoms with Crippen LogP contribution in [0.2, 0.25) is 5.02 Å². The number of hydrazone groups is 1. The van der Waals surface area contributed by atoms with Gasteiger partial charge in [-0.3, -0.25) is 4.79 Å². The van der Waals surface area contributed by atoms with Crippen molar-refractivity contribution in [2.24, 2.45) is 5.10 Å². The summed E-state index contributed by atoms with van der Waals surface area (Å²) in [6.45, 7) is -0.179. The average Bonchev–Trinajstić information content (AvgIpc) is 2.82. The zero-order valence-corrected chi connectivity index (χ0v) is 18.9. The number of nitrogens with zero attached hydrogens (tertiary/aromatic N) is 1. The number of rotatable bonds is 9. The molecule has 0 saturated carbocycles. The van der Waals surface area contributed by atoms with E-state index in [0.29, 0.717) is 21.9 Å². The molecule has 0 atom stereocenters. The van der Waals surface area contributed by atoms with Gasteiger partial charge in [-0.25, -0.2) is 10.2 Å². The van der Waals surface area contributed by atoms with Crippen LogP contribution in [0.15, 0.2) is 82.8 Å². The van der Waals surface area contributed by atoms with Crippen LogP contribution in [0.5, 0.6) is 5.75 Å². The van der Waals surface area contributed by atoms with Crippen LogP contribution in [0.4, 0.5) is 0 Å². The molecule has 0 aliphatic rings. The molecule has 0 bridgehead atoms. The summed E-state index contributed by atoms with van der Waals surface area (Å²) in [7, 11) is 1.30. The van der Waals surface area contributed by atoms with Gasteiger partial charge >= 0.3 is 5.97 Å². The van der Waals surface area contributed by atoms with Gasteiger partial charge in [-0.2, -0.15) is 5.10 Å². The van der Waals surface area contributed by atoms with Crippen LogP contribution >= 0.6 is 23.4 Å². The summed E-state index contributed by atoms with van der Waals surface area (Å²) in [5.41, 5.74) is 4.83. The van der Waals surface area contributed by atoms with Crippen LogP contribution in [0.1, 0.15) is 21.5 Å².